The van der Waals surface area contributed by atoms with Gasteiger partial charge in [0.15, 0.2) is 0 Å². The molecule has 0 radical (unpaired) electrons. The molecule has 1 saturated heterocycles. The second-order valence-electron chi connectivity index (χ2n) is 8.45. The van der Waals surface area contributed by atoms with Crippen LogP contribution >= 0.6 is 11.3 Å². The molecule has 4 aromatic rings. The first-order valence-corrected chi connectivity index (χ1v) is 12.2. The van der Waals surface area contributed by atoms with Crippen LogP contribution in [0.4, 0.5) is 24.5 Å². The Labute approximate surface area is 209 Å². The van der Waals surface area contributed by atoms with E-state index in [0.29, 0.717) is 5.69 Å². The highest BCUT2D eigenvalue weighted by Gasteiger charge is 2.41. The molecule has 0 bridgehead atoms. The second-order valence-corrected chi connectivity index (χ2v) is 9.50. The molecule has 2 aromatic heterocycles. The molecule has 0 spiro atoms. The summed E-state index contributed by atoms with van der Waals surface area (Å²) in [5.41, 5.74) is 4.42. The number of thiophene rings is 1. The number of carbonyl (C=O) groups is 1. The standard InChI is InChI=1S/C26H23F3N4O2S/c27-26(28,29)25(34)35-20-6-2-5-19(14-20)32-21-7-8-31-22-15-23(36-24(21)22)18-4-1-3-17(13-18)16-33-11-9-30-10-12-33/h1-8,13-15,30H,9-12,16H2,(H,31,32). The third kappa shape index (κ3) is 5.67. The summed E-state index contributed by atoms with van der Waals surface area (Å²) in [5.74, 6) is -2.45. The van der Waals surface area contributed by atoms with Crippen LogP contribution in [-0.2, 0) is 11.3 Å². The van der Waals surface area contributed by atoms with Gasteiger partial charge in [0, 0.05) is 55.6 Å². The number of hydrogen-bond acceptors (Lipinski definition) is 7. The van der Waals surface area contributed by atoms with Crippen molar-refractivity contribution >= 4 is 38.9 Å². The Morgan fingerprint density at radius 1 is 1.08 bits per heavy atom. The maximum Gasteiger partial charge on any atom is 0.491 e. The highest BCUT2D eigenvalue weighted by atomic mass is 32.1. The molecule has 0 saturated carbocycles. The van der Waals surface area contributed by atoms with E-state index in [4.69, 9.17) is 0 Å². The molecule has 2 aromatic carbocycles. The molecule has 0 amide bonds. The van der Waals surface area contributed by atoms with Gasteiger partial charge in [-0.05, 0) is 41.5 Å². The third-order valence-corrected chi connectivity index (χ3v) is 7.00. The first-order chi connectivity index (χ1) is 17.3. The van der Waals surface area contributed by atoms with Crippen molar-refractivity contribution in [3.63, 3.8) is 0 Å². The van der Waals surface area contributed by atoms with E-state index in [1.54, 1.807) is 29.7 Å². The van der Waals surface area contributed by atoms with Crippen molar-refractivity contribution in [1.29, 1.82) is 0 Å². The summed E-state index contributed by atoms with van der Waals surface area (Å²) < 4.78 is 43.0. The molecule has 2 N–H and O–H groups in total. The molecule has 0 atom stereocenters. The molecule has 10 heteroatoms. The smallest absolute Gasteiger partial charge is 0.420 e. The van der Waals surface area contributed by atoms with Crippen molar-refractivity contribution in [2.75, 3.05) is 31.5 Å². The number of ether oxygens (including phenoxy) is 1. The monoisotopic (exact) mass is 512 g/mol. The van der Waals surface area contributed by atoms with E-state index in [1.807, 2.05) is 6.07 Å². The molecule has 1 fully saturated rings. The lowest BCUT2D eigenvalue weighted by Gasteiger charge is -2.27. The predicted octanol–water partition coefficient (Wildman–Crippen LogP) is 5.58. The largest absolute Gasteiger partial charge is 0.491 e. The fourth-order valence-corrected chi connectivity index (χ4v) is 5.17. The number of anilines is 2. The first kappa shape index (κ1) is 24.2. The quantitative estimate of drug-likeness (QED) is 0.260. The Kier molecular flexibility index (Phi) is 6.90. The van der Waals surface area contributed by atoms with E-state index < -0.39 is 12.1 Å². The van der Waals surface area contributed by atoms with Crippen molar-refractivity contribution in [3.05, 3.63) is 72.4 Å². The van der Waals surface area contributed by atoms with Crippen LogP contribution in [0.1, 0.15) is 5.56 Å². The highest BCUT2D eigenvalue weighted by Crippen LogP contribution is 2.38. The summed E-state index contributed by atoms with van der Waals surface area (Å²) in [5, 5.41) is 6.59. The summed E-state index contributed by atoms with van der Waals surface area (Å²) >= 11 is 1.59. The lowest BCUT2D eigenvalue weighted by atomic mass is 10.1. The minimum Gasteiger partial charge on any atom is -0.420 e. The van der Waals surface area contributed by atoms with Gasteiger partial charge in [-0.2, -0.15) is 13.2 Å². The van der Waals surface area contributed by atoms with E-state index in [0.717, 1.165) is 59.1 Å². The summed E-state index contributed by atoms with van der Waals surface area (Å²) in [6, 6.07) is 18.2. The van der Waals surface area contributed by atoms with Gasteiger partial charge in [0.1, 0.15) is 5.75 Å². The Bertz CT molecular complexity index is 1380. The van der Waals surface area contributed by atoms with Gasteiger partial charge in [0.25, 0.3) is 0 Å². The third-order valence-electron chi connectivity index (χ3n) is 5.79. The summed E-state index contributed by atoms with van der Waals surface area (Å²) in [7, 11) is 0. The zero-order valence-electron chi connectivity index (χ0n) is 19.1. The Balaban J connectivity index is 1.37. The molecular weight excluding hydrogens is 489 g/mol. The fraction of sp³-hybridized carbons (Fsp3) is 0.231. The topological polar surface area (TPSA) is 66.5 Å². The van der Waals surface area contributed by atoms with Gasteiger partial charge in [-0.3, -0.25) is 9.88 Å². The molecular formula is C26H23F3N4O2S. The molecule has 3 heterocycles. The van der Waals surface area contributed by atoms with Crippen molar-refractivity contribution in [1.82, 2.24) is 15.2 Å². The van der Waals surface area contributed by atoms with Crippen molar-refractivity contribution in [3.8, 4) is 16.2 Å². The van der Waals surface area contributed by atoms with Crippen molar-refractivity contribution in [2.45, 2.75) is 12.7 Å². The number of halogens is 3. The Hall–Kier alpha value is -3.47. The van der Waals surface area contributed by atoms with Crippen LogP contribution in [0, 0.1) is 0 Å². The van der Waals surface area contributed by atoms with E-state index >= 15 is 0 Å². The SMILES string of the molecule is O=C(Oc1cccc(Nc2ccnc3cc(-c4cccc(CN5CCNCC5)c4)sc23)c1)C(F)(F)F. The maximum atomic E-state index is 12.5. The maximum absolute atomic E-state index is 12.5. The van der Waals surface area contributed by atoms with Crippen LogP contribution in [0.25, 0.3) is 20.7 Å². The van der Waals surface area contributed by atoms with Gasteiger partial charge in [-0.15, -0.1) is 11.3 Å². The van der Waals surface area contributed by atoms with Crippen LogP contribution in [-0.4, -0.2) is 48.2 Å². The van der Waals surface area contributed by atoms with Crippen molar-refractivity contribution < 1.29 is 22.7 Å². The van der Waals surface area contributed by atoms with Crippen LogP contribution in [0.2, 0.25) is 0 Å². The molecule has 5 rings (SSSR count). The van der Waals surface area contributed by atoms with E-state index in [1.165, 1.54) is 23.8 Å². The van der Waals surface area contributed by atoms with E-state index in [-0.39, 0.29) is 5.75 Å². The average Bonchev–Trinajstić information content (AvgIpc) is 3.30. The fourth-order valence-electron chi connectivity index (χ4n) is 4.09. The minimum atomic E-state index is -5.06. The number of nitrogens with zero attached hydrogens (tertiary/aromatic N) is 2. The highest BCUT2D eigenvalue weighted by molar-refractivity contribution is 7.22. The Morgan fingerprint density at radius 3 is 2.69 bits per heavy atom. The number of rotatable bonds is 6. The number of fused-ring (bicyclic) bond motifs is 1. The number of carbonyl (C=O) groups excluding carboxylic acids is 1. The molecule has 1 aliphatic heterocycles. The number of pyridine rings is 1. The lowest BCUT2D eigenvalue weighted by Crippen LogP contribution is -2.42. The zero-order chi connectivity index (χ0) is 25.1. The molecule has 6 nitrogen and oxygen atoms in total. The number of esters is 1. The normalized spacial score (nSPS) is 14.6. The summed E-state index contributed by atoms with van der Waals surface area (Å²) in [4.78, 5) is 19.2. The zero-order valence-corrected chi connectivity index (χ0v) is 20.0. The number of aromatic nitrogens is 1. The predicted molar refractivity (Wildman–Crippen MR) is 135 cm³/mol. The van der Waals surface area contributed by atoms with Gasteiger partial charge < -0.3 is 15.4 Å². The average molecular weight is 513 g/mol. The number of benzene rings is 2. The summed E-state index contributed by atoms with van der Waals surface area (Å²) in [6.07, 6.45) is -3.38. The van der Waals surface area contributed by atoms with E-state index in [2.05, 4.69) is 49.5 Å². The molecule has 0 aliphatic carbocycles. The van der Waals surface area contributed by atoms with Crippen LogP contribution < -0.4 is 15.4 Å². The van der Waals surface area contributed by atoms with Gasteiger partial charge in [0.05, 0.1) is 15.9 Å². The van der Waals surface area contributed by atoms with Gasteiger partial charge in [0.2, 0.25) is 0 Å². The van der Waals surface area contributed by atoms with Crippen molar-refractivity contribution in [2.24, 2.45) is 0 Å². The summed E-state index contributed by atoms with van der Waals surface area (Å²) in [6.45, 7) is 4.97. The van der Waals surface area contributed by atoms with Gasteiger partial charge >= 0.3 is 12.1 Å². The minimum absolute atomic E-state index is 0.194. The van der Waals surface area contributed by atoms with Crippen LogP contribution in [0.3, 0.4) is 0 Å². The van der Waals surface area contributed by atoms with Crippen LogP contribution in [0.5, 0.6) is 5.75 Å². The second kappa shape index (κ2) is 10.3. The van der Waals surface area contributed by atoms with Gasteiger partial charge in [-0.25, -0.2) is 4.79 Å². The molecule has 36 heavy (non-hydrogen) atoms. The number of hydrogen-bond donors (Lipinski definition) is 2. The molecule has 186 valence electrons. The Morgan fingerprint density at radius 2 is 1.89 bits per heavy atom. The number of piperazine rings is 1. The lowest BCUT2D eigenvalue weighted by molar-refractivity contribution is -0.189. The number of nitrogens with one attached hydrogen (secondary N) is 2. The molecule has 0 unspecified atom stereocenters. The van der Waals surface area contributed by atoms with E-state index in [9.17, 15) is 18.0 Å². The van der Waals surface area contributed by atoms with Crippen LogP contribution in [0.15, 0.2) is 66.9 Å². The molecule has 1 aliphatic rings. The first-order valence-electron chi connectivity index (χ1n) is 11.4. The van der Waals surface area contributed by atoms with Gasteiger partial charge in [-0.1, -0.05) is 24.3 Å². The number of alkyl halides is 3.